The Morgan fingerprint density at radius 1 is 1.05 bits per heavy atom. The van der Waals surface area contributed by atoms with E-state index in [-0.39, 0.29) is 5.78 Å². The lowest BCUT2D eigenvalue weighted by atomic mass is 10.1. The van der Waals surface area contributed by atoms with E-state index in [1.165, 1.54) is 5.69 Å². The molecular weight excluding hydrogens is 254 g/mol. The molecule has 2 nitrogen and oxygen atoms in total. The normalized spacial score (nSPS) is 10.5. The van der Waals surface area contributed by atoms with Crippen LogP contribution in [-0.4, -0.2) is 30.4 Å². The third-order valence-electron chi connectivity index (χ3n) is 2.98. The Labute approximate surface area is 121 Å². The summed E-state index contributed by atoms with van der Waals surface area (Å²) in [7, 11) is 0. The first-order chi connectivity index (χ1) is 9.22. The maximum Gasteiger partial charge on any atom is 0.172 e. The minimum atomic E-state index is 0.232. The number of benzene rings is 1. The smallest absolute Gasteiger partial charge is 0.172 e. The fraction of sp³-hybridized carbons (Fsp3) is 0.562. The third kappa shape index (κ3) is 5.27. The summed E-state index contributed by atoms with van der Waals surface area (Å²) in [5.41, 5.74) is 2.06. The summed E-state index contributed by atoms with van der Waals surface area (Å²) >= 11 is 1.68. The number of ketones is 1. The van der Waals surface area contributed by atoms with Crippen LogP contribution in [-0.2, 0) is 0 Å². The molecule has 0 aromatic heterocycles. The Morgan fingerprint density at radius 2 is 1.63 bits per heavy atom. The highest BCUT2D eigenvalue weighted by Gasteiger charge is 2.08. The molecule has 0 fully saturated rings. The first kappa shape index (κ1) is 16.1. The Balaban J connectivity index is 2.70. The van der Waals surface area contributed by atoms with Gasteiger partial charge in [0.2, 0.25) is 0 Å². The highest BCUT2D eigenvalue weighted by Crippen LogP contribution is 2.17. The van der Waals surface area contributed by atoms with E-state index in [1.807, 2.05) is 12.1 Å². The standard InChI is InChI=1S/C16H25NOS/c1-4-11-17(12-5-2)15-9-7-14(8-10-15)16(18)13-19-6-3/h7-10H,4-6,11-13H2,1-3H3. The largest absolute Gasteiger partial charge is 0.372 e. The SMILES string of the molecule is CCCN(CCC)c1ccc(C(=O)CSCC)cc1. The lowest BCUT2D eigenvalue weighted by Gasteiger charge is -2.23. The molecule has 0 heterocycles. The quantitative estimate of drug-likeness (QED) is 0.630. The number of hydrogen-bond donors (Lipinski definition) is 0. The molecule has 1 aromatic rings. The molecule has 0 saturated heterocycles. The number of Topliss-reactive ketones (excluding diaryl/α,β-unsaturated/α-hetero) is 1. The predicted octanol–water partition coefficient (Wildman–Crippen LogP) is 4.25. The van der Waals surface area contributed by atoms with Crippen molar-refractivity contribution in [1.29, 1.82) is 0 Å². The predicted molar refractivity (Wildman–Crippen MR) is 86.6 cm³/mol. The summed E-state index contributed by atoms with van der Waals surface area (Å²) in [6.45, 7) is 8.62. The highest BCUT2D eigenvalue weighted by molar-refractivity contribution is 7.99. The molecule has 0 amide bonds. The fourth-order valence-electron chi connectivity index (χ4n) is 2.05. The van der Waals surface area contributed by atoms with E-state index in [2.05, 4.69) is 37.8 Å². The van der Waals surface area contributed by atoms with E-state index < -0.39 is 0 Å². The number of nitrogens with zero attached hydrogens (tertiary/aromatic N) is 1. The minimum absolute atomic E-state index is 0.232. The van der Waals surface area contributed by atoms with Crippen LogP contribution in [0, 0.1) is 0 Å². The van der Waals surface area contributed by atoms with Crippen molar-refractivity contribution >= 4 is 23.2 Å². The molecule has 0 radical (unpaired) electrons. The Bertz CT molecular complexity index is 369. The van der Waals surface area contributed by atoms with E-state index in [0.717, 1.165) is 37.2 Å². The average molecular weight is 279 g/mol. The van der Waals surface area contributed by atoms with Crippen LogP contribution in [0.3, 0.4) is 0 Å². The van der Waals surface area contributed by atoms with Crippen molar-refractivity contribution in [2.45, 2.75) is 33.6 Å². The molecule has 0 N–H and O–H groups in total. The molecule has 1 aromatic carbocycles. The molecule has 19 heavy (non-hydrogen) atoms. The molecule has 0 aliphatic heterocycles. The molecule has 0 atom stereocenters. The highest BCUT2D eigenvalue weighted by atomic mass is 32.2. The van der Waals surface area contributed by atoms with Crippen molar-refractivity contribution in [2.75, 3.05) is 29.5 Å². The summed E-state index contributed by atoms with van der Waals surface area (Å²) in [6, 6.07) is 8.09. The Morgan fingerprint density at radius 3 is 2.11 bits per heavy atom. The van der Waals surface area contributed by atoms with Gasteiger partial charge in [-0.2, -0.15) is 11.8 Å². The number of anilines is 1. The fourth-order valence-corrected chi connectivity index (χ4v) is 2.60. The van der Waals surface area contributed by atoms with Crippen molar-refractivity contribution in [2.24, 2.45) is 0 Å². The van der Waals surface area contributed by atoms with Gasteiger partial charge in [-0.1, -0.05) is 20.8 Å². The van der Waals surface area contributed by atoms with Crippen LogP contribution in [0.2, 0.25) is 0 Å². The zero-order chi connectivity index (χ0) is 14.1. The van der Waals surface area contributed by atoms with Crippen LogP contribution in [0.15, 0.2) is 24.3 Å². The van der Waals surface area contributed by atoms with Crippen LogP contribution < -0.4 is 4.90 Å². The lowest BCUT2D eigenvalue weighted by Crippen LogP contribution is -2.24. The molecule has 0 bridgehead atoms. The van der Waals surface area contributed by atoms with Crippen LogP contribution >= 0.6 is 11.8 Å². The molecule has 106 valence electrons. The van der Waals surface area contributed by atoms with Crippen molar-refractivity contribution in [3.8, 4) is 0 Å². The average Bonchev–Trinajstić information content (AvgIpc) is 2.44. The number of carbonyl (C=O) groups excluding carboxylic acids is 1. The van der Waals surface area contributed by atoms with Crippen LogP contribution in [0.4, 0.5) is 5.69 Å². The van der Waals surface area contributed by atoms with E-state index in [4.69, 9.17) is 0 Å². The van der Waals surface area contributed by atoms with Gasteiger partial charge in [-0.05, 0) is 42.9 Å². The maximum atomic E-state index is 11.9. The van der Waals surface area contributed by atoms with Gasteiger partial charge in [-0.25, -0.2) is 0 Å². The van der Waals surface area contributed by atoms with Crippen molar-refractivity contribution in [1.82, 2.24) is 0 Å². The topological polar surface area (TPSA) is 20.3 Å². The number of hydrogen-bond acceptors (Lipinski definition) is 3. The first-order valence-electron chi connectivity index (χ1n) is 7.18. The Hall–Kier alpha value is -0.960. The second-order valence-electron chi connectivity index (χ2n) is 4.59. The second kappa shape index (κ2) is 9.03. The summed E-state index contributed by atoms with van der Waals surface area (Å²) in [4.78, 5) is 14.3. The molecule has 0 aliphatic carbocycles. The van der Waals surface area contributed by atoms with E-state index in [9.17, 15) is 4.79 Å². The second-order valence-corrected chi connectivity index (χ2v) is 5.87. The zero-order valence-electron chi connectivity index (χ0n) is 12.3. The van der Waals surface area contributed by atoms with E-state index >= 15 is 0 Å². The molecule has 1 rings (SSSR count). The molecule has 0 unspecified atom stereocenters. The molecule has 0 aliphatic rings. The maximum absolute atomic E-state index is 11.9. The first-order valence-corrected chi connectivity index (χ1v) is 8.34. The molecule has 0 spiro atoms. The van der Waals surface area contributed by atoms with Gasteiger partial charge in [-0.15, -0.1) is 0 Å². The van der Waals surface area contributed by atoms with Crippen LogP contribution in [0.5, 0.6) is 0 Å². The third-order valence-corrected chi connectivity index (χ3v) is 3.85. The summed E-state index contributed by atoms with van der Waals surface area (Å²) in [5.74, 6) is 1.81. The monoisotopic (exact) mass is 279 g/mol. The summed E-state index contributed by atoms with van der Waals surface area (Å²) < 4.78 is 0. The van der Waals surface area contributed by atoms with Crippen molar-refractivity contribution in [3.63, 3.8) is 0 Å². The minimum Gasteiger partial charge on any atom is -0.372 e. The number of thioether (sulfide) groups is 1. The van der Waals surface area contributed by atoms with Gasteiger partial charge >= 0.3 is 0 Å². The summed E-state index contributed by atoms with van der Waals surface area (Å²) in [5, 5.41) is 0. The molecule has 0 saturated carbocycles. The van der Waals surface area contributed by atoms with Gasteiger partial charge < -0.3 is 4.90 Å². The van der Waals surface area contributed by atoms with Crippen LogP contribution in [0.1, 0.15) is 44.0 Å². The van der Waals surface area contributed by atoms with Crippen molar-refractivity contribution < 1.29 is 4.79 Å². The van der Waals surface area contributed by atoms with Gasteiger partial charge in [0.15, 0.2) is 5.78 Å². The van der Waals surface area contributed by atoms with Gasteiger partial charge in [-0.3, -0.25) is 4.79 Å². The molecule has 3 heteroatoms. The van der Waals surface area contributed by atoms with E-state index in [0.29, 0.717) is 5.75 Å². The molecular formula is C16H25NOS. The van der Waals surface area contributed by atoms with Gasteiger partial charge in [0.25, 0.3) is 0 Å². The number of carbonyl (C=O) groups is 1. The van der Waals surface area contributed by atoms with Gasteiger partial charge in [0.1, 0.15) is 0 Å². The van der Waals surface area contributed by atoms with Crippen LogP contribution in [0.25, 0.3) is 0 Å². The van der Waals surface area contributed by atoms with Gasteiger partial charge in [0, 0.05) is 24.3 Å². The van der Waals surface area contributed by atoms with Crippen molar-refractivity contribution in [3.05, 3.63) is 29.8 Å². The number of rotatable bonds is 9. The summed E-state index contributed by atoms with van der Waals surface area (Å²) in [6.07, 6.45) is 2.29. The zero-order valence-corrected chi connectivity index (χ0v) is 13.1. The Kier molecular flexibility index (Phi) is 7.65. The van der Waals surface area contributed by atoms with Gasteiger partial charge in [0.05, 0.1) is 5.75 Å². The van der Waals surface area contributed by atoms with E-state index in [1.54, 1.807) is 11.8 Å². The lowest BCUT2D eigenvalue weighted by molar-refractivity contribution is 0.102.